The summed E-state index contributed by atoms with van der Waals surface area (Å²) in [6, 6.07) is 9.73. The van der Waals surface area contributed by atoms with Crippen molar-refractivity contribution in [3.05, 3.63) is 47.5 Å². The maximum Gasteiger partial charge on any atom is 0.340 e. The molecule has 8 unspecified atom stereocenters. The second kappa shape index (κ2) is 10.2. The van der Waals surface area contributed by atoms with Gasteiger partial charge in [-0.2, -0.15) is 0 Å². The fourth-order valence-electron chi connectivity index (χ4n) is 8.10. The highest BCUT2D eigenvalue weighted by molar-refractivity contribution is 6.16. The molecular weight excluding hydrogens is 530 g/mol. The van der Waals surface area contributed by atoms with Crippen molar-refractivity contribution in [3.63, 3.8) is 0 Å². The van der Waals surface area contributed by atoms with E-state index in [0.717, 1.165) is 5.56 Å². The van der Waals surface area contributed by atoms with Crippen molar-refractivity contribution in [2.75, 3.05) is 7.05 Å². The summed E-state index contributed by atoms with van der Waals surface area (Å²) in [5.41, 5.74) is -3.77. The molecule has 10 nitrogen and oxygen atoms in total. The lowest BCUT2D eigenvalue weighted by Gasteiger charge is -2.64. The molecule has 2 bridgehead atoms. The number of ether oxygens (including phenoxy) is 4. The molecule has 4 aliphatic rings. The van der Waals surface area contributed by atoms with Crippen molar-refractivity contribution in [2.45, 2.75) is 108 Å². The first-order chi connectivity index (χ1) is 19.2. The Hall–Kier alpha value is -2.79. The zero-order valence-corrected chi connectivity index (χ0v) is 24.6. The number of carbonyl (C=O) groups is 3. The number of aliphatic hydroxyl groups is 1. The van der Waals surface area contributed by atoms with Crippen LogP contribution in [-0.4, -0.2) is 81.3 Å². The van der Waals surface area contributed by atoms with Crippen LogP contribution >= 0.6 is 0 Å². The summed E-state index contributed by atoms with van der Waals surface area (Å²) in [6.07, 6.45) is 0.258. The summed E-state index contributed by atoms with van der Waals surface area (Å²) in [4.78, 5) is 38.4. The third-order valence-electron chi connectivity index (χ3n) is 9.86. The van der Waals surface area contributed by atoms with Crippen molar-refractivity contribution in [1.82, 2.24) is 4.90 Å². The van der Waals surface area contributed by atoms with Gasteiger partial charge in [-0.1, -0.05) is 43.3 Å². The van der Waals surface area contributed by atoms with Crippen molar-refractivity contribution in [3.8, 4) is 0 Å². The number of nitrogens with zero attached hydrogens (tertiary/aromatic N) is 1. The molecule has 3 fully saturated rings. The number of carboxylic acids is 1. The van der Waals surface area contributed by atoms with Crippen LogP contribution in [0, 0.1) is 11.3 Å². The number of carbonyl (C=O) groups excluding carboxylic acids is 2. The number of hydrogen-bond acceptors (Lipinski definition) is 8. The second-order valence-electron chi connectivity index (χ2n) is 12.9. The summed E-state index contributed by atoms with van der Waals surface area (Å²) in [7, 11) is 1.50. The number of hydrogen-bond donors (Lipinski definition) is 2. The number of benzene rings is 1. The van der Waals surface area contributed by atoms with Gasteiger partial charge in [0.05, 0.1) is 23.7 Å². The van der Waals surface area contributed by atoms with Crippen molar-refractivity contribution in [2.24, 2.45) is 11.3 Å². The van der Waals surface area contributed by atoms with Gasteiger partial charge in [-0.25, -0.2) is 4.79 Å². The highest BCUT2D eigenvalue weighted by Crippen LogP contribution is 2.68. The molecule has 2 aliphatic heterocycles. The molecule has 1 aromatic carbocycles. The van der Waals surface area contributed by atoms with E-state index in [4.69, 9.17) is 18.9 Å². The Bertz CT molecular complexity index is 1240. The first-order valence-corrected chi connectivity index (χ1v) is 14.3. The van der Waals surface area contributed by atoms with E-state index < -0.39 is 70.5 Å². The molecule has 0 radical (unpaired) electrons. The largest absolute Gasteiger partial charge is 0.478 e. The van der Waals surface area contributed by atoms with Gasteiger partial charge >= 0.3 is 11.9 Å². The lowest BCUT2D eigenvalue weighted by Crippen LogP contribution is -2.78. The fraction of sp³-hybridized carbons (Fsp3) is 0.645. The standard InChI is InChI=1S/C31H41NO9/c1-18(33)39-23-22-24(40-21-14-13-20(27(35)36)26(34)32(21)6)31(41-28(22,2)3)29(4,15-10-16-30(31,5)37)25(23)38-17-19-11-8-7-9-12-19/h7-9,11-13,21-25,37H,10,14-17H2,1-6H3,(H,35,36). The molecule has 1 spiro atoms. The molecule has 10 heteroatoms. The summed E-state index contributed by atoms with van der Waals surface area (Å²) in [6.45, 7) is 9.22. The molecular formula is C31H41NO9. The van der Waals surface area contributed by atoms with Gasteiger partial charge < -0.3 is 34.1 Å². The molecule has 1 aromatic rings. The third-order valence-corrected chi connectivity index (χ3v) is 9.86. The quantitative estimate of drug-likeness (QED) is 0.374. The number of fused-ring (bicyclic) bond motifs is 1. The molecule has 8 atom stereocenters. The van der Waals surface area contributed by atoms with Crippen LogP contribution in [0.3, 0.4) is 0 Å². The van der Waals surface area contributed by atoms with Gasteiger partial charge in [0.2, 0.25) is 0 Å². The molecule has 224 valence electrons. The van der Waals surface area contributed by atoms with Crippen LogP contribution in [0.4, 0.5) is 0 Å². The van der Waals surface area contributed by atoms with Gasteiger partial charge in [0.25, 0.3) is 5.91 Å². The average molecular weight is 572 g/mol. The number of amides is 1. The van der Waals surface area contributed by atoms with Crippen LogP contribution in [0.2, 0.25) is 0 Å². The van der Waals surface area contributed by atoms with Gasteiger partial charge in [0.1, 0.15) is 35.7 Å². The Morgan fingerprint density at radius 1 is 1.10 bits per heavy atom. The predicted octanol–water partition coefficient (Wildman–Crippen LogP) is 3.21. The van der Waals surface area contributed by atoms with E-state index in [1.807, 2.05) is 51.1 Å². The smallest absolute Gasteiger partial charge is 0.340 e. The highest BCUT2D eigenvalue weighted by atomic mass is 16.6. The molecule has 1 saturated heterocycles. The lowest BCUT2D eigenvalue weighted by atomic mass is 9.48. The third kappa shape index (κ3) is 4.50. The van der Waals surface area contributed by atoms with E-state index >= 15 is 0 Å². The minimum absolute atomic E-state index is 0.147. The van der Waals surface area contributed by atoms with E-state index in [1.165, 1.54) is 24.9 Å². The average Bonchev–Trinajstić information content (AvgIpc) is 3.09. The van der Waals surface area contributed by atoms with Gasteiger partial charge in [0, 0.05) is 25.8 Å². The number of esters is 1. The zero-order valence-electron chi connectivity index (χ0n) is 24.6. The fourth-order valence-corrected chi connectivity index (χ4v) is 8.10. The summed E-state index contributed by atoms with van der Waals surface area (Å²) >= 11 is 0. The number of carboxylic acid groups (broad SMARTS) is 1. The molecule has 5 rings (SSSR count). The van der Waals surface area contributed by atoms with E-state index in [2.05, 4.69) is 0 Å². The van der Waals surface area contributed by atoms with Crippen LogP contribution in [0.15, 0.2) is 42.0 Å². The molecule has 1 amide bonds. The van der Waals surface area contributed by atoms with Gasteiger partial charge in [-0.15, -0.1) is 0 Å². The molecule has 2 saturated carbocycles. The molecule has 2 heterocycles. The summed E-state index contributed by atoms with van der Waals surface area (Å²) in [5, 5.41) is 21.7. The van der Waals surface area contributed by atoms with Crippen LogP contribution in [0.5, 0.6) is 0 Å². The molecule has 0 aromatic heterocycles. The Balaban J connectivity index is 1.62. The van der Waals surface area contributed by atoms with E-state index in [-0.39, 0.29) is 18.6 Å². The SMILES string of the molecule is CC(=O)OC1C2C(OC3CC=C(C(=O)O)C(=O)N3C)C3(OC2(C)C)C(C)(O)CCCC3(C)C1OCc1ccccc1. The van der Waals surface area contributed by atoms with E-state index in [1.54, 1.807) is 6.92 Å². The van der Waals surface area contributed by atoms with E-state index in [0.29, 0.717) is 19.3 Å². The van der Waals surface area contributed by atoms with Crippen molar-refractivity contribution in [1.29, 1.82) is 0 Å². The molecule has 41 heavy (non-hydrogen) atoms. The van der Waals surface area contributed by atoms with Crippen LogP contribution in [-0.2, 0) is 39.9 Å². The Morgan fingerprint density at radius 3 is 2.41 bits per heavy atom. The Kier molecular flexibility index (Phi) is 7.38. The van der Waals surface area contributed by atoms with Gasteiger partial charge in [-0.05, 0) is 45.6 Å². The maximum absolute atomic E-state index is 12.9. The monoisotopic (exact) mass is 571 g/mol. The molecule has 2 N–H and O–H groups in total. The van der Waals surface area contributed by atoms with Crippen molar-refractivity contribution >= 4 is 17.8 Å². The minimum atomic E-state index is -1.36. The lowest BCUT2D eigenvalue weighted by molar-refractivity contribution is -0.333. The van der Waals surface area contributed by atoms with Crippen LogP contribution in [0.25, 0.3) is 0 Å². The minimum Gasteiger partial charge on any atom is -0.478 e. The van der Waals surface area contributed by atoms with Gasteiger partial charge in [-0.3, -0.25) is 9.59 Å². The van der Waals surface area contributed by atoms with E-state index in [9.17, 15) is 24.6 Å². The molecule has 2 aliphatic carbocycles. The van der Waals surface area contributed by atoms with Crippen molar-refractivity contribution < 1.29 is 43.5 Å². The predicted molar refractivity (Wildman–Crippen MR) is 146 cm³/mol. The first-order valence-electron chi connectivity index (χ1n) is 14.3. The number of aliphatic carboxylic acids is 1. The van der Waals surface area contributed by atoms with Gasteiger partial charge in [0.15, 0.2) is 0 Å². The first kappa shape index (κ1) is 29.7. The maximum atomic E-state index is 12.9. The Labute approximate surface area is 240 Å². The highest BCUT2D eigenvalue weighted by Gasteiger charge is 2.82. The Morgan fingerprint density at radius 2 is 1.78 bits per heavy atom. The normalized spacial score (nSPS) is 39.6. The van der Waals surface area contributed by atoms with Crippen LogP contribution < -0.4 is 0 Å². The zero-order chi connectivity index (χ0) is 30.0. The summed E-state index contributed by atoms with van der Waals surface area (Å²) in [5.74, 6) is -2.99. The van der Waals surface area contributed by atoms with Crippen LogP contribution in [0.1, 0.15) is 65.9 Å². The summed E-state index contributed by atoms with van der Waals surface area (Å²) < 4.78 is 26.5. The number of likely N-dealkylation sites (N-methyl/N-ethyl adjacent to an activating group) is 1. The number of rotatable bonds is 7. The second-order valence-corrected chi connectivity index (χ2v) is 12.9. The topological polar surface area (TPSA) is 132 Å².